The lowest BCUT2D eigenvalue weighted by atomic mass is 9.95. The van der Waals surface area contributed by atoms with Crippen molar-refractivity contribution >= 4 is 11.5 Å². The minimum atomic E-state index is -2.44. The highest BCUT2D eigenvalue weighted by atomic mass is 19.3. The predicted octanol–water partition coefficient (Wildman–Crippen LogP) is 3.13. The van der Waals surface area contributed by atoms with E-state index in [1.807, 2.05) is 20.8 Å². The molecular weight excluding hydrogens is 304 g/mol. The van der Waals surface area contributed by atoms with Gasteiger partial charge < -0.3 is 10.1 Å². The largest absolute Gasteiger partial charge is 0.378 e. The molecule has 0 radical (unpaired) electrons. The molecule has 0 bridgehead atoms. The Bertz CT molecular complexity index is 652. The van der Waals surface area contributed by atoms with Gasteiger partial charge in [0.05, 0.1) is 24.2 Å². The fourth-order valence-electron chi connectivity index (χ4n) is 1.94. The summed E-state index contributed by atoms with van der Waals surface area (Å²) < 4.78 is 31.0. The van der Waals surface area contributed by atoms with Crippen molar-refractivity contribution in [2.24, 2.45) is 0 Å². The first-order chi connectivity index (χ1) is 10.8. The fraction of sp³-hybridized carbons (Fsp3) is 0.533. The summed E-state index contributed by atoms with van der Waals surface area (Å²) in [6.07, 6.45) is 0.556. The average Bonchev–Trinajstić information content (AvgIpc) is 2.84. The van der Waals surface area contributed by atoms with Crippen LogP contribution in [0.2, 0.25) is 0 Å². The molecule has 0 fully saturated rings. The van der Waals surface area contributed by atoms with Crippen molar-refractivity contribution in [3.05, 3.63) is 30.0 Å². The molecule has 23 heavy (non-hydrogen) atoms. The van der Waals surface area contributed by atoms with Crippen LogP contribution in [0, 0.1) is 0 Å². The number of halogens is 2. The second-order valence-electron chi connectivity index (χ2n) is 6.22. The third kappa shape index (κ3) is 4.95. The number of alkyl halides is 2. The normalized spacial score (nSPS) is 12.0. The van der Waals surface area contributed by atoms with Crippen molar-refractivity contribution in [1.29, 1.82) is 0 Å². The fourth-order valence-corrected chi connectivity index (χ4v) is 1.94. The maximum Gasteiger partial charge on any atom is 0.257 e. The second kappa shape index (κ2) is 6.99. The van der Waals surface area contributed by atoms with Gasteiger partial charge in [0.15, 0.2) is 0 Å². The maximum atomic E-state index is 12.4. The van der Waals surface area contributed by atoms with Gasteiger partial charge in [-0.15, -0.1) is 0 Å². The third-order valence-electron chi connectivity index (χ3n) is 2.97. The zero-order chi connectivity index (χ0) is 17.0. The molecule has 0 atom stereocenters. The van der Waals surface area contributed by atoms with Crippen molar-refractivity contribution in [2.75, 3.05) is 12.4 Å². The molecule has 2 aromatic heterocycles. The zero-order valence-corrected chi connectivity index (χ0v) is 13.7. The van der Waals surface area contributed by atoms with Crippen molar-refractivity contribution in [1.82, 2.24) is 19.7 Å². The second-order valence-corrected chi connectivity index (χ2v) is 6.22. The summed E-state index contributed by atoms with van der Waals surface area (Å²) in [6.45, 7) is 5.98. The van der Waals surface area contributed by atoms with Gasteiger partial charge in [-0.3, -0.25) is 4.68 Å². The molecule has 0 unspecified atom stereocenters. The highest BCUT2D eigenvalue weighted by molar-refractivity contribution is 5.54. The van der Waals surface area contributed by atoms with Crippen molar-refractivity contribution < 1.29 is 13.5 Å². The Kier molecular flexibility index (Phi) is 5.25. The molecule has 0 aliphatic heterocycles. The first-order valence-electron chi connectivity index (χ1n) is 7.23. The quantitative estimate of drug-likeness (QED) is 0.884. The van der Waals surface area contributed by atoms with Crippen LogP contribution in [-0.2, 0) is 23.3 Å². The number of rotatable bonds is 6. The van der Waals surface area contributed by atoms with Gasteiger partial charge >= 0.3 is 0 Å². The Balaban J connectivity index is 2.24. The minimum Gasteiger partial charge on any atom is -0.378 e. The van der Waals surface area contributed by atoms with Crippen LogP contribution in [0.4, 0.5) is 20.3 Å². The number of nitrogens with zero attached hydrogens (tertiary/aromatic N) is 4. The summed E-state index contributed by atoms with van der Waals surface area (Å²) in [5.41, 5.74) is 1.11. The molecule has 0 amide bonds. The Morgan fingerprint density at radius 2 is 2.04 bits per heavy atom. The summed E-state index contributed by atoms with van der Waals surface area (Å²) in [7, 11) is 1.60. The molecule has 1 N–H and O–H groups in total. The van der Waals surface area contributed by atoms with E-state index < -0.39 is 13.0 Å². The Morgan fingerprint density at radius 3 is 2.65 bits per heavy atom. The highest BCUT2D eigenvalue weighted by Crippen LogP contribution is 2.22. The number of methoxy groups -OCH3 is 1. The van der Waals surface area contributed by atoms with E-state index in [4.69, 9.17) is 4.74 Å². The van der Waals surface area contributed by atoms with Gasteiger partial charge in [0.25, 0.3) is 6.43 Å². The smallest absolute Gasteiger partial charge is 0.257 e. The summed E-state index contributed by atoms with van der Waals surface area (Å²) in [4.78, 5) is 8.97. The molecule has 8 heteroatoms. The van der Waals surface area contributed by atoms with Gasteiger partial charge in [0, 0.05) is 24.8 Å². The van der Waals surface area contributed by atoms with E-state index in [0.717, 1.165) is 5.69 Å². The minimum absolute atomic E-state index is 0.222. The molecule has 6 nitrogen and oxygen atoms in total. The first-order valence-corrected chi connectivity index (χ1v) is 7.23. The average molecular weight is 325 g/mol. The Morgan fingerprint density at radius 1 is 1.30 bits per heavy atom. The van der Waals surface area contributed by atoms with Crippen LogP contribution in [-0.4, -0.2) is 33.3 Å². The summed E-state index contributed by atoms with van der Waals surface area (Å²) in [5, 5.41) is 6.96. The van der Waals surface area contributed by atoms with Crippen LogP contribution in [0.3, 0.4) is 0 Å². The lowest BCUT2D eigenvalue weighted by Gasteiger charge is -2.18. The molecule has 0 spiro atoms. The molecule has 2 rings (SSSR count). The van der Waals surface area contributed by atoms with Crippen molar-refractivity contribution in [3.8, 4) is 0 Å². The zero-order valence-electron chi connectivity index (χ0n) is 13.7. The van der Waals surface area contributed by atoms with Gasteiger partial charge in [-0.1, -0.05) is 20.8 Å². The van der Waals surface area contributed by atoms with E-state index in [2.05, 4.69) is 20.4 Å². The standard InChI is InChI=1S/C15H21F2N5O/c1-15(2,3)14-20-10(9-23-4)5-13(21-14)19-11-6-18-22(7-11)8-12(16)17/h5-7,12H,8-9H2,1-4H3,(H,19,20,21). The number of hydrogen-bond acceptors (Lipinski definition) is 5. The molecule has 0 aliphatic rings. The van der Waals surface area contributed by atoms with Crippen molar-refractivity contribution in [3.63, 3.8) is 0 Å². The summed E-state index contributed by atoms with van der Waals surface area (Å²) in [6, 6.07) is 1.77. The first kappa shape index (κ1) is 17.3. The number of hydrogen-bond donors (Lipinski definition) is 1. The van der Waals surface area contributed by atoms with Crippen LogP contribution in [0.15, 0.2) is 18.5 Å². The van der Waals surface area contributed by atoms with E-state index >= 15 is 0 Å². The molecule has 0 aliphatic carbocycles. The maximum absolute atomic E-state index is 12.4. The molecule has 0 saturated carbocycles. The highest BCUT2D eigenvalue weighted by Gasteiger charge is 2.19. The van der Waals surface area contributed by atoms with Crippen molar-refractivity contribution in [2.45, 2.75) is 45.8 Å². The Labute approximate surface area is 133 Å². The van der Waals surface area contributed by atoms with Crippen LogP contribution in [0.1, 0.15) is 32.3 Å². The monoisotopic (exact) mass is 325 g/mol. The van der Waals surface area contributed by atoms with E-state index in [1.54, 1.807) is 13.2 Å². The number of anilines is 2. The molecule has 2 aromatic rings. The van der Waals surface area contributed by atoms with E-state index in [9.17, 15) is 8.78 Å². The van der Waals surface area contributed by atoms with Crippen LogP contribution in [0.25, 0.3) is 0 Å². The summed E-state index contributed by atoms with van der Waals surface area (Å²) in [5.74, 6) is 1.25. The van der Waals surface area contributed by atoms with Gasteiger partial charge in [0.1, 0.15) is 18.2 Å². The SMILES string of the molecule is COCc1cc(Nc2cnn(CC(F)F)c2)nc(C(C)(C)C)n1. The van der Waals surface area contributed by atoms with Gasteiger partial charge in [0.2, 0.25) is 0 Å². The number of ether oxygens (including phenoxy) is 1. The molecule has 0 aromatic carbocycles. The predicted molar refractivity (Wildman–Crippen MR) is 83.0 cm³/mol. The van der Waals surface area contributed by atoms with E-state index in [-0.39, 0.29) is 5.41 Å². The molecule has 126 valence electrons. The van der Waals surface area contributed by atoms with Gasteiger partial charge in [-0.05, 0) is 0 Å². The topological polar surface area (TPSA) is 64.9 Å². The summed E-state index contributed by atoms with van der Waals surface area (Å²) >= 11 is 0. The van der Waals surface area contributed by atoms with E-state index in [1.165, 1.54) is 17.1 Å². The van der Waals surface area contributed by atoms with Crippen LogP contribution < -0.4 is 5.32 Å². The molecular formula is C15H21F2N5O. The molecule has 0 saturated heterocycles. The van der Waals surface area contributed by atoms with E-state index in [0.29, 0.717) is 23.9 Å². The lowest BCUT2D eigenvalue weighted by Crippen LogP contribution is -2.18. The molecule has 2 heterocycles. The lowest BCUT2D eigenvalue weighted by molar-refractivity contribution is 0.122. The number of nitrogens with one attached hydrogen (secondary N) is 1. The Hall–Kier alpha value is -2.09. The van der Waals surface area contributed by atoms with Crippen LogP contribution in [0.5, 0.6) is 0 Å². The van der Waals surface area contributed by atoms with Gasteiger partial charge in [-0.2, -0.15) is 5.10 Å². The van der Waals surface area contributed by atoms with Gasteiger partial charge in [-0.25, -0.2) is 18.7 Å². The van der Waals surface area contributed by atoms with Crippen LogP contribution >= 0.6 is 0 Å². The third-order valence-corrected chi connectivity index (χ3v) is 2.97. The number of aromatic nitrogens is 4.